The molecule has 0 radical (unpaired) electrons. The highest BCUT2D eigenvalue weighted by Gasteiger charge is 2.59. The van der Waals surface area contributed by atoms with E-state index in [-0.39, 0.29) is 23.7 Å². The molecule has 1 N–H and O–H groups in total. The van der Waals surface area contributed by atoms with E-state index in [1.165, 1.54) is 6.33 Å². The van der Waals surface area contributed by atoms with Crippen LogP contribution in [-0.2, 0) is 27.4 Å². The third kappa shape index (κ3) is 2.99. The lowest BCUT2D eigenvalue weighted by molar-refractivity contribution is -0.136. The van der Waals surface area contributed by atoms with E-state index in [0.29, 0.717) is 44.7 Å². The molecule has 2 aromatic rings. The summed E-state index contributed by atoms with van der Waals surface area (Å²) >= 11 is 0. The molecule has 2 unspecified atom stereocenters. The largest absolute Gasteiger partial charge is 0.381 e. The first-order valence-electron chi connectivity index (χ1n) is 9.30. The number of carbonyl (C=O) groups excluding carboxylic acids is 2. The lowest BCUT2D eigenvalue weighted by Crippen LogP contribution is -2.40. The lowest BCUT2D eigenvalue weighted by atomic mass is 10.1. The lowest BCUT2D eigenvalue weighted by Gasteiger charge is -2.24. The van der Waals surface area contributed by atoms with Crippen molar-refractivity contribution in [3.05, 3.63) is 42.5 Å². The molecule has 27 heavy (non-hydrogen) atoms. The molecule has 0 bridgehead atoms. The van der Waals surface area contributed by atoms with Crippen molar-refractivity contribution in [1.29, 1.82) is 0 Å². The van der Waals surface area contributed by atoms with E-state index >= 15 is 0 Å². The molecule has 2 fully saturated rings. The number of rotatable bonds is 3. The third-order valence-corrected chi connectivity index (χ3v) is 5.82. The van der Waals surface area contributed by atoms with Crippen LogP contribution in [0.15, 0.2) is 36.7 Å². The van der Waals surface area contributed by atoms with E-state index in [0.717, 1.165) is 11.5 Å². The maximum Gasteiger partial charge on any atom is 0.231 e. The van der Waals surface area contributed by atoms with Gasteiger partial charge in [0, 0.05) is 18.2 Å². The molecule has 8 heteroatoms. The fourth-order valence-corrected chi connectivity index (χ4v) is 4.25. The van der Waals surface area contributed by atoms with Gasteiger partial charge in [-0.1, -0.05) is 18.2 Å². The van der Waals surface area contributed by atoms with Crippen LogP contribution in [0.4, 0.5) is 5.69 Å². The number of hydrogen-bond donors (Lipinski definition) is 1. The summed E-state index contributed by atoms with van der Waals surface area (Å²) in [5.74, 6) is 1.06. The highest BCUT2D eigenvalue weighted by atomic mass is 16.5. The molecule has 2 aliphatic heterocycles. The number of fused-ring (bicyclic) bond motifs is 2. The number of benzene rings is 1. The maximum atomic E-state index is 13.1. The third-order valence-electron chi connectivity index (χ3n) is 5.82. The Bertz CT molecular complexity index is 857. The van der Waals surface area contributed by atoms with Crippen LogP contribution in [0.2, 0.25) is 0 Å². The molecule has 3 heterocycles. The summed E-state index contributed by atoms with van der Waals surface area (Å²) in [4.78, 5) is 32.0. The van der Waals surface area contributed by atoms with Crippen molar-refractivity contribution in [2.45, 2.75) is 13.1 Å². The van der Waals surface area contributed by atoms with Crippen LogP contribution >= 0.6 is 0 Å². The van der Waals surface area contributed by atoms with Crippen molar-refractivity contribution in [3.8, 4) is 0 Å². The van der Waals surface area contributed by atoms with Gasteiger partial charge in [-0.3, -0.25) is 9.59 Å². The van der Waals surface area contributed by atoms with E-state index in [1.807, 2.05) is 30.3 Å². The number of anilines is 1. The molecule has 3 aliphatic rings. The molecule has 5 rings (SSSR count). The molecule has 2 amide bonds. The van der Waals surface area contributed by atoms with E-state index in [2.05, 4.69) is 15.4 Å². The summed E-state index contributed by atoms with van der Waals surface area (Å²) in [6.45, 7) is 2.52. The Morgan fingerprint density at radius 3 is 2.67 bits per heavy atom. The van der Waals surface area contributed by atoms with Gasteiger partial charge in [-0.25, -0.2) is 9.67 Å². The fourth-order valence-electron chi connectivity index (χ4n) is 4.25. The molecule has 4 atom stereocenters. The van der Waals surface area contributed by atoms with Gasteiger partial charge < -0.3 is 15.0 Å². The zero-order valence-electron chi connectivity index (χ0n) is 14.8. The smallest absolute Gasteiger partial charge is 0.231 e. The van der Waals surface area contributed by atoms with Crippen molar-refractivity contribution < 1.29 is 14.3 Å². The first kappa shape index (κ1) is 16.4. The van der Waals surface area contributed by atoms with Crippen molar-refractivity contribution >= 4 is 17.5 Å². The standard InChI is InChI=1S/C19H21N5O3/c25-18(22-13-4-2-1-3-5-13)12-6-23(8-16-20-11-21-24(16)7-12)19(26)17-14-9-27-10-15(14)17/h1-5,11-12,14-15,17H,6-10H2,(H,22,25)/t12?,14-,15+,17?. The van der Waals surface area contributed by atoms with Crippen LogP contribution in [-0.4, -0.2) is 51.2 Å². The van der Waals surface area contributed by atoms with Gasteiger partial charge in [0.1, 0.15) is 12.2 Å². The number of carbonyl (C=O) groups is 2. The van der Waals surface area contributed by atoms with Crippen LogP contribution < -0.4 is 5.32 Å². The van der Waals surface area contributed by atoms with Gasteiger partial charge in [0.05, 0.1) is 32.2 Å². The number of ether oxygens (including phenoxy) is 1. The fraction of sp³-hybridized carbons (Fsp3) is 0.474. The van der Waals surface area contributed by atoms with Gasteiger partial charge in [0.15, 0.2) is 0 Å². The average molecular weight is 367 g/mol. The molecule has 1 saturated heterocycles. The zero-order valence-corrected chi connectivity index (χ0v) is 14.8. The minimum atomic E-state index is -0.382. The predicted octanol–water partition coefficient (Wildman–Crippen LogP) is 0.768. The molecular formula is C19H21N5O3. The van der Waals surface area contributed by atoms with Gasteiger partial charge in [-0.05, 0) is 24.0 Å². The van der Waals surface area contributed by atoms with Crippen molar-refractivity contribution in [2.24, 2.45) is 23.7 Å². The summed E-state index contributed by atoms with van der Waals surface area (Å²) in [6, 6.07) is 9.36. The Morgan fingerprint density at radius 2 is 1.89 bits per heavy atom. The van der Waals surface area contributed by atoms with Crippen LogP contribution in [0.1, 0.15) is 5.82 Å². The molecule has 1 aromatic heterocycles. The quantitative estimate of drug-likeness (QED) is 0.865. The molecule has 1 aliphatic carbocycles. The van der Waals surface area contributed by atoms with E-state index in [9.17, 15) is 9.59 Å². The Hall–Kier alpha value is -2.74. The van der Waals surface area contributed by atoms with Gasteiger partial charge in [0.2, 0.25) is 11.8 Å². The van der Waals surface area contributed by atoms with Gasteiger partial charge in [-0.2, -0.15) is 5.10 Å². The minimum Gasteiger partial charge on any atom is -0.381 e. The van der Waals surface area contributed by atoms with E-state index in [4.69, 9.17) is 4.74 Å². The van der Waals surface area contributed by atoms with E-state index in [1.54, 1.807) is 9.58 Å². The summed E-state index contributed by atoms with van der Waals surface area (Å²) < 4.78 is 7.14. The number of para-hydroxylation sites is 1. The second-order valence-electron chi connectivity index (χ2n) is 7.52. The second-order valence-corrected chi connectivity index (χ2v) is 7.52. The average Bonchev–Trinajstić information content (AvgIpc) is 2.98. The first-order chi connectivity index (χ1) is 13.2. The summed E-state index contributed by atoms with van der Waals surface area (Å²) in [5, 5.41) is 7.18. The summed E-state index contributed by atoms with van der Waals surface area (Å²) in [5.41, 5.74) is 0.748. The molecule has 140 valence electrons. The van der Waals surface area contributed by atoms with Crippen LogP contribution in [0.5, 0.6) is 0 Å². The van der Waals surface area contributed by atoms with Crippen LogP contribution in [0.3, 0.4) is 0 Å². The van der Waals surface area contributed by atoms with Crippen molar-refractivity contribution in [3.63, 3.8) is 0 Å². The maximum absolute atomic E-state index is 13.1. The van der Waals surface area contributed by atoms with E-state index < -0.39 is 0 Å². The van der Waals surface area contributed by atoms with Crippen molar-refractivity contribution in [1.82, 2.24) is 19.7 Å². The minimum absolute atomic E-state index is 0.0334. The monoisotopic (exact) mass is 367 g/mol. The zero-order chi connectivity index (χ0) is 18.4. The molecular weight excluding hydrogens is 346 g/mol. The Labute approximate surface area is 156 Å². The number of nitrogens with zero attached hydrogens (tertiary/aromatic N) is 4. The molecule has 1 saturated carbocycles. The Balaban J connectivity index is 1.35. The topological polar surface area (TPSA) is 89.3 Å². The summed E-state index contributed by atoms with van der Waals surface area (Å²) in [7, 11) is 0. The number of amides is 2. The Morgan fingerprint density at radius 1 is 1.11 bits per heavy atom. The SMILES string of the molecule is O=C(Nc1ccccc1)C1CN(C(=O)C2[C@H]3COC[C@@H]23)Cc2ncnn2C1. The van der Waals surface area contributed by atoms with Gasteiger partial charge >= 0.3 is 0 Å². The first-order valence-corrected chi connectivity index (χ1v) is 9.30. The number of aromatic nitrogens is 3. The van der Waals surface area contributed by atoms with Gasteiger partial charge in [0.25, 0.3) is 0 Å². The Kier molecular flexibility index (Phi) is 3.93. The predicted molar refractivity (Wildman–Crippen MR) is 95.3 cm³/mol. The van der Waals surface area contributed by atoms with Crippen LogP contribution in [0, 0.1) is 23.7 Å². The second kappa shape index (κ2) is 6.45. The number of nitrogens with one attached hydrogen (secondary N) is 1. The highest BCUT2D eigenvalue weighted by molar-refractivity contribution is 5.93. The number of hydrogen-bond acceptors (Lipinski definition) is 5. The van der Waals surface area contributed by atoms with Crippen LogP contribution in [0.25, 0.3) is 0 Å². The van der Waals surface area contributed by atoms with Crippen molar-refractivity contribution in [2.75, 3.05) is 25.1 Å². The normalized spacial score (nSPS) is 28.8. The summed E-state index contributed by atoms with van der Waals surface area (Å²) in [6.07, 6.45) is 1.48. The molecule has 8 nitrogen and oxygen atoms in total. The molecule has 1 aromatic carbocycles. The van der Waals surface area contributed by atoms with Gasteiger partial charge in [-0.15, -0.1) is 0 Å². The highest BCUT2D eigenvalue weighted by Crippen LogP contribution is 2.51. The molecule has 0 spiro atoms.